The Morgan fingerprint density at radius 1 is 1.34 bits per heavy atom. The maximum atomic E-state index is 5.42. The van der Waals surface area contributed by atoms with Gasteiger partial charge in [-0.25, -0.2) is 4.99 Å². The molecule has 0 unspecified atom stereocenters. The van der Waals surface area contributed by atoms with Crippen LogP contribution in [-0.2, 0) is 24.9 Å². The zero-order valence-electron chi connectivity index (χ0n) is 17.5. The second kappa shape index (κ2) is 12.5. The predicted octanol–water partition coefficient (Wildman–Crippen LogP) is 2.10. The highest BCUT2D eigenvalue weighted by Crippen LogP contribution is 2.09. The fraction of sp³-hybridized carbons (Fsp3) is 0.632. The van der Waals surface area contributed by atoms with Crippen LogP contribution < -0.4 is 5.32 Å². The number of guanidine groups is 1. The second-order valence-corrected chi connectivity index (χ2v) is 7.86. The molecule has 1 saturated heterocycles. The Bertz CT molecular complexity index is 744. The molecule has 1 aliphatic heterocycles. The molecule has 0 bridgehead atoms. The van der Waals surface area contributed by atoms with Gasteiger partial charge in [0.05, 0.1) is 13.2 Å². The molecule has 10 heteroatoms. The Kier molecular flexibility index (Phi) is 10.3. The first kappa shape index (κ1) is 24.0. The van der Waals surface area contributed by atoms with E-state index in [0.29, 0.717) is 6.54 Å². The molecule has 0 amide bonds. The number of ether oxygens (including phenoxy) is 1. The van der Waals surface area contributed by atoms with Gasteiger partial charge in [0.1, 0.15) is 12.4 Å². The first-order valence-corrected chi connectivity index (χ1v) is 10.7. The van der Waals surface area contributed by atoms with E-state index in [1.54, 1.807) is 11.3 Å². The van der Waals surface area contributed by atoms with Crippen molar-refractivity contribution in [1.29, 1.82) is 0 Å². The average molecular weight is 533 g/mol. The summed E-state index contributed by atoms with van der Waals surface area (Å²) < 4.78 is 7.40. The molecule has 3 heterocycles. The first-order valence-electron chi connectivity index (χ1n) is 9.79. The van der Waals surface area contributed by atoms with Crippen molar-refractivity contribution in [3.8, 4) is 0 Å². The van der Waals surface area contributed by atoms with E-state index in [1.807, 2.05) is 18.5 Å². The minimum Gasteiger partial charge on any atom is -0.379 e. The first-order chi connectivity index (χ1) is 13.6. The van der Waals surface area contributed by atoms with Crippen LogP contribution in [0.25, 0.3) is 0 Å². The van der Waals surface area contributed by atoms with E-state index in [-0.39, 0.29) is 24.0 Å². The predicted molar refractivity (Wildman–Crippen MR) is 128 cm³/mol. The van der Waals surface area contributed by atoms with Crippen molar-refractivity contribution in [1.82, 2.24) is 29.9 Å². The molecule has 0 spiro atoms. The molecule has 0 aromatic carbocycles. The number of halogens is 1. The minimum atomic E-state index is 0. The number of thiophene rings is 1. The maximum absolute atomic E-state index is 5.42. The standard InChI is InChI=1S/C19H31N7OS.HI/c1-16-22-23-18(25(16)3)13-21-19(24(2)14-17-5-12-28-15-17)20-6-4-7-26-8-10-27-11-9-26;/h5,12,15H,4,6-11,13-14H2,1-3H3,(H,20,21);1H. The molecular formula is C19H32IN7OS. The van der Waals surface area contributed by atoms with Crippen molar-refractivity contribution in [2.24, 2.45) is 12.0 Å². The SMILES string of the molecule is Cc1nnc(CN=C(NCCCN2CCOCC2)N(C)Cc2ccsc2)n1C.I. The lowest BCUT2D eigenvalue weighted by molar-refractivity contribution is 0.0375. The van der Waals surface area contributed by atoms with Crippen molar-refractivity contribution >= 4 is 41.3 Å². The van der Waals surface area contributed by atoms with Gasteiger partial charge in [-0.1, -0.05) is 0 Å². The molecule has 0 aliphatic carbocycles. The number of nitrogens with one attached hydrogen (secondary N) is 1. The zero-order chi connectivity index (χ0) is 19.8. The van der Waals surface area contributed by atoms with Crippen LogP contribution in [0.15, 0.2) is 21.8 Å². The highest BCUT2D eigenvalue weighted by Gasteiger charge is 2.12. The van der Waals surface area contributed by atoms with Crippen LogP contribution in [-0.4, -0.2) is 77.0 Å². The molecule has 1 fully saturated rings. The Balaban J connectivity index is 0.00000300. The molecule has 2 aromatic heterocycles. The van der Waals surface area contributed by atoms with Gasteiger partial charge in [0.25, 0.3) is 0 Å². The monoisotopic (exact) mass is 533 g/mol. The number of hydrogen-bond donors (Lipinski definition) is 1. The Morgan fingerprint density at radius 2 is 2.14 bits per heavy atom. The van der Waals surface area contributed by atoms with Crippen molar-refractivity contribution in [2.75, 3.05) is 46.4 Å². The van der Waals surface area contributed by atoms with Gasteiger partial charge >= 0.3 is 0 Å². The molecule has 3 rings (SSSR count). The lowest BCUT2D eigenvalue weighted by atomic mass is 10.3. The van der Waals surface area contributed by atoms with Crippen molar-refractivity contribution in [2.45, 2.75) is 26.4 Å². The summed E-state index contributed by atoms with van der Waals surface area (Å²) in [5.74, 6) is 2.67. The third-order valence-electron chi connectivity index (χ3n) is 4.95. The van der Waals surface area contributed by atoms with Crippen molar-refractivity contribution < 1.29 is 4.74 Å². The summed E-state index contributed by atoms with van der Waals surface area (Å²) in [5, 5.41) is 16.2. The summed E-state index contributed by atoms with van der Waals surface area (Å²) in [5.41, 5.74) is 1.30. The van der Waals surface area contributed by atoms with Crippen LogP contribution in [0, 0.1) is 6.92 Å². The van der Waals surface area contributed by atoms with E-state index in [9.17, 15) is 0 Å². The summed E-state index contributed by atoms with van der Waals surface area (Å²) in [4.78, 5) is 9.44. The van der Waals surface area contributed by atoms with E-state index >= 15 is 0 Å². The molecule has 162 valence electrons. The zero-order valence-corrected chi connectivity index (χ0v) is 20.7. The summed E-state index contributed by atoms with van der Waals surface area (Å²) in [7, 11) is 4.05. The third-order valence-corrected chi connectivity index (χ3v) is 5.68. The fourth-order valence-electron chi connectivity index (χ4n) is 3.10. The van der Waals surface area contributed by atoms with Gasteiger partial charge in [0.2, 0.25) is 0 Å². The Labute approximate surface area is 194 Å². The number of hydrogen-bond acceptors (Lipinski definition) is 6. The highest BCUT2D eigenvalue weighted by molar-refractivity contribution is 14.0. The van der Waals surface area contributed by atoms with Crippen LogP contribution in [0.3, 0.4) is 0 Å². The lowest BCUT2D eigenvalue weighted by Crippen LogP contribution is -2.41. The van der Waals surface area contributed by atoms with Crippen molar-refractivity contribution in [3.05, 3.63) is 34.0 Å². The number of morpholine rings is 1. The van der Waals surface area contributed by atoms with E-state index < -0.39 is 0 Å². The molecule has 8 nitrogen and oxygen atoms in total. The number of rotatable bonds is 8. The Morgan fingerprint density at radius 3 is 2.79 bits per heavy atom. The number of aryl methyl sites for hydroxylation is 1. The van der Waals surface area contributed by atoms with E-state index in [2.05, 4.69) is 49.2 Å². The molecule has 0 saturated carbocycles. The van der Waals surface area contributed by atoms with Crippen LogP contribution in [0.4, 0.5) is 0 Å². The van der Waals surface area contributed by atoms with Gasteiger partial charge in [-0.3, -0.25) is 4.90 Å². The highest BCUT2D eigenvalue weighted by atomic mass is 127. The summed E-state index contributed by atoms with van der Waals surface area (Å²) in [6, 6.07) is 2.16. The summed E-state index contributed by atoms with van der Waals surface area (Å²) in [6.45, 7) is 9.03. The van der Waals surface area contributed by atoms with E-state index in [1.165, 1.54) is 5.56 Å². The molecule has 1 N–H and O–H groups in total. The summed E-state index contributed by atoms with van der Waals surface area (Å²) in [6.07, 6.45) is 1.08. The summed E-state index contributed by atoms with van der Waals surface area (Å²) >= 11 is 1.72. The van der Waals surface area contributed by atoms with Crippen LogP contribution in [0.1, 0.15) is 23.6 Å². The van der Waals surface area contributed by atoms with Gasteiger partial charge < -0.3 is 19.5 Å². The minimum absolute atomic E-state index is 0. The quantitative estimate of drug-likeness (QED) is 0.243. The molecule has 0 radical (unpaired) electrons. The lowest BCUT2D eigenvalue weighted by Gasteiger charge is -2.27. The molecular weight excluding hydrogens is 501 g/mol. The van der Waals surface area contributed by atoms with Crippen molar-refractivity contribution in [3.63, 3.8) is 0 Å². The average Bonchev–Trinajstić information content (AvgIpc) is 3.33. The van der Waals surface area contributed by atoms with Crippen LogP contribution in [0.2, 0.25) is 0 Å². The largest absolute Gasteiger partial charge is 0.379 e. The third kappa shape index (κ3) is 7.50. The molecule has 1 aliphatic rings. The Hall–Kier alpha value is -1.24. The van der Waals surface area contributed by atoms with E-state index in [0.717, 1.165) is 70.0 Å². The number of nitrogens with zero attached hydrogens (tertiary/aromatic N) is 6. The molecule has 2 aromatic rings. The smallest absolute Gasteiger partial charge is 0.194 e. The number of aromatic nitrogens is 3. The van der Waals surface area contributed by atoms with Gasteiger partial charge in [0, 0.05) is 40.3 Å². The van der Waals surface area contributed by atoms with E-state index in [4.69, 9.17) is 9.73 Å². The normalized spacial score (nSPS) is 15.2. The van der Waals surface area contributed by atoms with Gasteiger partial charge in [-0.2, -0.15) is 11.3 Å². The van der Waals surface area contributed by atoms with Crippen LogP contribution >= 0.6 is 35.3 Å². The van der Waals surface area contributed by atoms with Gasteiger partial charge in [-0.15, -0.1) is 34.2 Å². The van der Waals surface area contributed by atoms with Gasteiger partial charge in [0.15, 0.2) is 11.8 Å². The molecule has 0 atom stereocenters. The van der Waals surface area contributed by atoms with Crippen LogP contribution in [0.5, 0.6) is 0 Å². The topological polar surface area (TPSA) is 70.8 Å². The second-order valence-electron chi connectivity index (χ2n) is 7.08. The fourth-order valence-corrected chi connectivity index (χ4v) is 3.76. The van der Waals surface area contributed by atoms with Gasteiger partial charge in [-0.05, 0) is 42.3 Å². The maximum Gasteiger partial charge on any atom is 0.194 e. The number of aliphatic imine (C=N–C) groups is 1. The molecule has 29 heavy (non-hydrogen) atoms.